The Morgan fingerprint density at radius 2 is 2.60 bits per heavy atom. The molecule has 1 aromatic rings. The molecule has 2 N–H and O–H groups in total. The molecule has 1 amide bonds. The molecule has 0 radical (unpaired) electrons. The third kappa shape index (κ3) is 3.95. The van der Waals surface area contributed by atoms with Crippen LogP contribution in [0.15, 0.2) is 29.5 Å². The van der Waals surface area contributed by atoms with Crippen LogP contribution in [0, 0.1) is 0 Å². The van der Waals surface area contributed by atoms with Gasteiger partial charge in [-0.05, 0) is 6.92 Å². The summed E-state index contributed by atoms with van der Waals surface area (Å²) in [5.41, 5.74) is 0.776. The molecular formula is C10H15N3O2. The Morgan fingerprint density at radius 3 is 3.20 bits per heavy atom. The van der Waals surface area contributed by atoms with E-state index in [1.165, 1.54) is 6.26 Å². The first-order valence-electron chi connectivity index (χ1n) is 4.75. The van der Waals surface area contributed by atoms with Gasteiger partial charge in [0, 0.05) is 19.2 Å². The van der Waals surface area contributed by atoms with Gasteiger partial charge in [-0.15, -0.1) is 6.58 Å². The predicted octanol–water partition coefficient (Wildman–Crippen LogP) is 0.455. The Kier molecular flexibility index (Phi) is 4.56. The molecule has 1 aromatic heterocycles. The zero-order valence-electron chi connectivity index (χ0n) is 8.69. The quantitative estimate of drug-likeness (QED) is 0.668. The van der Waals surface area contributed by atoms with Crippen molar-refractivity contribution in [1.82, 2.24) is 15.8 Å². The summed E-state index contributed by atoms with van der Waals surface area (Å²) in [5, 5.41) is 9.45. The van der Waals surface area contributed by atoms with Gasteiger partial charge in [0.15, 0.2) is 0 Å². The van der Waals surface area contributed by atoms with Gasteiger partial charge in [0.25, 0.3) is 0 Å². The second kappa shape index (κ2) is 5.98. The SMILES string of the molecule is C=CCNC(=O)C(C)NCc1ccon1. The van der Waals surface area contributed by atoms with Gasteiger partial charge in [0.1, 0.15) is 6.26 Å². The molecule has 1 heterocycles. The van der Waals surface area contributed by atoms with E-state index in [1.54, 1.807) is 19.1 Å². The summed E-state index contributed by atoms with van der Waals surface area (Å²) in [4.78, 5) is 11.4. The van der Waals surface area contributed by atoms with Crippen LogP contribution < -0.4 is 10.6 Å². The van der Waals surface area contributed by atoms with Crippen molar-refractivity contribution in [1.29, 1.82) is 0 Å². The summed E-state index contributed by atoms with van der Waals surface area (Å²) in [6.45, 7) is 6.31. The second-order valence-electron chi connectivity index (χ2n) is 3.13. The van der Waals surface area contributed by atoms with Gasteiger partial charge in [-0.25, -0.2) is 0 Å². The van der Waals surface area contributed by atoms with Crippen LogP contribution in [0.3, 0.4) is 0 Å². The number of carbonyl (C=O) groups excluding carboxylic acids is 1. The van der Waals surface area contributed by atoms with Crippen LogP contribution in [0.5, 0.6) is 0 Å². The lowest BCUT2D eigenvalue weighted by molar-refractivity contribution is -0.122. The molecule has 0 aliphatic heterocycles. The molecule has 5 heteroatoms. The van der Waals surface area contributed by atoms with Gasteiger partial charge in [-0.1, -0.05) is 11.2 Å². The normalized spacial score (nSPS) is 12.1. The Morgan fingerprint density at radius 1 is 1.80 bits per heavy atom. The maximum Gasteiger partial charge on any atom is 0.237 e. The fourth-order valence-electron chi connectivity index (χ4n) is 1.00. The van der Waals surface area contributed by atoms with E-state index in [-0.39, 0.29) is 11.9 Å². The molecule has 15 heavy (non-hydrogen) atoms. The second-order valence-corrected chi connectivity index (χ2v) is 3.13. The van der Waals surface area contributed by atoms with Gasteiger partial charge in [0.2, 0.25) is 5.91 Å². The van der Waals surface area contributed by atoms with Crippen LogP contribution in [0.2, 0.25) is 0 Å². The molecular weight excluding hydrogens is 194 g/mol. The fourth-order valence-corrected chi connectivity index (χ4v) is 1.00. The minimum atomic E-state index is -0.262. The van der Waals surface area contributed by atoms with Crippen LogP contribution >= 0.6 is 0 Å². The van der Waals surface area contributed by atoms with Gasteiger partial charge in [-0.2, -0.15) is 0 Å². The number of nitrogens with zero attached hydrogens (tertiary/aromatic N) is 1. The number of hydrogen-bond acceptors (Lipinski definition) is 4. The first-order valence-corrected chi connectivity index (χ1v) is 4.75. The molecule has 0 saturated carbocycles. The third-order valence-corrected chi connectivity index (χ3v) is 1.89. The maximum atomic E-state index is 11.4. The van der Waals surface area contributed by atoms with E-state index in [1.807, 2.05) is 0 Å². The summed E-state index contributed by atoms with van der Waals surface area (Å²) in [6, 6.07) is 1.49. The molecule has 1 unspecified atom stereocenters. The Bertz CT molecular complexity index is 308. The van der Waals surface area contributed by atoms with Crippen molar-refractivity contribution in [2.75, 3.05) is 6.54 Å². The molecule has 0 spiro atoms. The lowest BCUT2D eigenvalue weighted by Crippen LogP contribution is -2.41. The maximum absolute atomic E-state index is 11.4. The van der Waals surface area contributed by atoms with E-state index in [2.05, 4.69) is 26.9 Å². The van der Waals surface area contributed by atoms with E-state index < -0.39 is 0 Å². The number of nitrogens with one attached hydrogen (secondary N) is 2. The highest BCUT2D eigenvalue weighted by Crippen LogP contribution is 1.94. The van der Waals surface area contributed by atoms with Gasteiger partial charge >= 0.3 is 0 Å². The summed E-state index contributed by atoms with van der Waals surface area (Å²) >= 11 is 0. The summed E-state index contributed by atoms with van der Waals surface area (Å²) in [6.07, 6.45) is 3.14. The molecule has 0 aliphatic rings. The third-order valence-electron chi connectivity index (χ3n) is 1.89. The fraction of sp³-hybridized carbons (Fsp3) is 0.400. The largest absolute Gasteiger partial charge is 0.364 e. The van der Waals surface area contributed by atoms with Crippen LogP contribution in [-0.4, -0.2) is 23.7 Å². The Balaban J connectivity index is 2.26. The van der Waals surface area contributed by atoms with E-state index in [9.17, 15) is 4.79 Å². The molecule has 5 nitrogen and oxygen atoms in total. The highest BCUT2D eigenvalue weighted by molar-refractivity contribution is 5.81. The molecule has 0 aliphatic carbocycles. The average Bonchev–Trinajstić information content (AvgIpc) is 2.75. The van der Waals surface area contributed by atoms with Gasteiger partial charge < -0.3 is 15.2 Å². The summed E-state index contributed by atoms with van der Waals surface area (Å²) in [5.74, 6) is -0.0570. The molecule has 0 fully saturated rings. The monoisotopic (exact) mass is 209 g/mol. The van der Waals surface area contributed by atoms with Crippen molar-refractivity contribution in [3.63, 3.8) is 0 Å². The predicted molar refractivity (Wildman–Crippen MR) is 56.0 cm³/mol. The lowest BCUT2D eigenvalue weighted by Gasteiger charge is -2.11. The minimum Gasteiger partial charge on any atom is -0.364 e. The average molecular weight is 209 g/mol. The Labute approximate surface area is 88.5 Å². The van der Waals surface area contributed by atoms with E-state index in [0.29, 0.717) is 13.1 Å². The van der Waals surface area contributed by atoms with Crippen LogP contribution in [0.25, 0.3) is 0 Å². The minimum absolute atomic E-state index is 0.0570. The Hall–Kier alpha value is -1.62. The van der Waals surface area contributed by atoms with Crippen molar-refractivity contribution in [2.24, 2.45) is 0 Å². The summed E-state index contributed by atoms with van der Waals surface area (Å²) in [7, 11) is 0. The summed E-state index contributed by atoms with van der Waals surface area (Å²) < 4.78 is 4.67. The zero-order valence-corrected chi connectivity index (χ0v) is 8.69. The molecule has 1 atom stereocenters. The zero-order chi connectivity index (χ0) is 11.1. The van der Waals surface area contributed by atoms with Crippen molar-refractivity contribution in [3.8, 4) is 0 Å². The van der Waals surface area contributed by atoms with Crippen LogP contribution in [0.4, 0.5) is 0 Å². The highest BCUT2D eigenvalue weighted by atomic mass is 16.5. The topological polar surface area (TPSA) is 67.2 Å². The molecule has 0 aromatic carbocycles. The van der Waals surface area contributed by atoms with Crippen LogP contribution in [-0.2, 0) is 11.3 Å². The van der Waals surface area contributed by atoms with Crippen molar-refractivity contribution < 1.29 is 9.32 Å². The van der Waals surface area contributed by atoms with Crippen molar-refractivity contribution in [2.45, 2.75) is 19.5 Å². The standard InChI is InChI=1S/C10H15N3O2/c1-3-5-11-10(14)8(2)12-7-9-4-6-15-13-9/h3-4,6,8,12H,1,5,7H2,2H3,(H,11,14). The number of carbonyl (C=O) groups is 1. The highest BCUT2D eigenvalue weighted by Gasteiger charge is 2.11. The van der Waals surface area contributed by atoms with Crippen LogP contribution in [0.1, 0.15) is 12.6 Å². The van der Waals surface area contributed by atoms with E-state index >= 15 is 0 Å². The number of hydrogen-bond donors (Lipinski definition) is 2. The first kappa shape index (κ1) is 11.5. The molecule has 0 saturated heterocycles. The molecule has 0 bridgehead atoms. The van der Waals surface area contributed by atoms with Gasteiger partial charge in [0.05, 0.1) is 11.7 Å². The number of aromatic nitrogens is 1. The van der Waals surface area contributed by atoms with E-state index in [0.717, 1.165) is 5.69 Å². The van der Waals surface area contributed by atoms with Gasteiger partial charge in [-0.3, -0.25) is 4.79 Å². The van der Waals surface area contributed by atoms with Crippen molar-refractivity contribution in [3.05, 3.63) is 30.7 Å². The number of rotatable bonds is 6. The first-order chi connectivity index (χ1) is 7.24. The molecule has 82 valence electrons. The smallest absolute Gasteiger partial charge is 0.237 e. The molecule has 1 rings (SSSR count). The number of amides is 1. The van der Waals surface area contributed by atoms with E-state index in [4.69, 9.17) is 0 Å². The van der Waals surface area contributed by atoms with Crippen molar-refractivity contribution >= 4 is 5.91 Å². The lowest BCUT2D eigenvalue weighted by atomic mass is 10.3.